The smallest absolute Gasteiger partial charge is 0.252 e. The zero-order chi connectivity index (χ0) is 16.2. The van der Waals surface area contributed by atoms with Crippen molar-refractivity contribution in [2.75, 3.05) is 13.1 Å². The quantitative estimate of drug-likeness (QED) is 0.602. The molecule has 0 spiro atoms. The molecular formula is C15H16N2O4S2. The monoisotopic (exact) mass is 352 g/mol. The number of hydrogen-bond acceptors (Lipinski definition) is 5. The number of carbonyl (C=O) groups is 2. The van der Waals surface area contributed by atoms with Gasteiger partial charge in [0.15, 0.2) is 0 Å². The van der Waals surface area contributed by atoms with Gasteiger partial charge >= 0.3 is 0 Å². The van der Waals surface area contributed by atoms with Gasteiger partial charge in [0.1, 0.15) is 4.21 Å². The molecule has 2 atom stereocenters. The summed E-state index contributed by atoms with van der Waals surface area (Å²) in [5, 5.41) is 1.72. The van der Waals surface area contributed by atoms with Gasteiger partial charge in [0.2, 0.25) is 11.8 Å². The van der Waals surface area contributed by atoms with Gasteiger partial charge in [-0.1, -0.05) is 18.2 Å². The van der Waals surface area contributed by atoms with Crippen molar-refractivity contribution < 1.29 is 18.0 Å². The number of carbonyl (C=O) groups excluding carboxylic acids is 2. The molecule has 0 bridgehead atoms. The van der Waals surface area contributed by atoms with Crippen LogP contribution in [0.3, 0.4) is 0 Å². The lowest BCUT2D eigenvalue weighted by Gasteiger charge is -2.41. The van der Waals surface area contributed by atoms with E-state index in [1.807, 2.05) is 12.2 Å². The van der Waals surface area contributed by atoms with Gasteiger partial charge < -0.3 is 0 Å². The van der Waals surface area contributed by atoms with Gasteiger partial charge in [-0.25, -0.2) is 8.42 Å². The molecule has 2 saturated heterocycles. The number of nitrogens with zero attached hydrogens (tertiary/aromatic N) is 2. The number of fused-ring (bicyclic) bond motifs is 1. The highest BCUT2D eigenvalue weighted by molar-refractivity contribution is 7.91. The van der Waals surface area contributed by atoms with E-state index in [9.17, 15) is 18.0 Å². The number of imide groups is 1. The van der Waals surface area contributed by atoms with Crippen molar-refractivity contribution in [2.45, 2.75) is 23.1 Å². The summed E-state index contributed by atoms with van der Waals surface area (Å²) < 4.78 is 26.4. The lowest BCUT2D eigenvalue weighted by molar-refractivity contribution is -0.145. The van der Waals surface area contributed by atoms with Crippen LogP contribution in [0.15, 0.2) is 33.9 Å². The molecule has 1 aromatic heterocycles. The molecule has 3 aliphatic rings. The van der Waals surface area contributed by atoms with Crippen LogP contribution in [0, 0.1) is 11.8 Å². The molecule has 2 amide bonds. The summed E-state index contributed by atoms with van der Waals surface area (Å²) in [4.78, 5) is 26.3. The van der Waals surface area contributed by atoms with E-state index in [4.69, 9.17) is 0 Å². The molecule has 122 valence electrons. The van der Waals surface area contributed by atoms with Gasteiger partial charge in [-0.05, 0) is 24.3 Å². The second kappa shape index (κ2) is 5.25. The highest BCUT2D eigenvalue weighted by Gasteiger charge is 2.53. The molecule has 0 radical (unpaired) electrons. The fourth-order valence-corrected chi connectivity index (χ4v) is 6.16. The molecule has 0 saturated carbocycles. The summed E-state index contributed by atoms with van der Waals surface area (Å²) in [6.45, 7) is 0.398. The number of likely N-dealkylation sites (tertiary alicyclic amines) is 1. The first-order chi connectivity index (χ1) is 11.0. The minimum atomic E-state index is -3.49. The van der Waals surface area contributed by atoms with Crippen molar-refractivity contribution in [1.29, 1.82) is 0 Å². The Balaban J connectivity index is 1.48. The molecule has 0 N–H and O–H groups in total. The lowest BCUT2D eigenvalue weighted by atomic mass is 9.85. The Hall–Kier alpha value is -1.51. The van der Waals surface area contributed by atoms with Crippen molar-refractivity contribution in [3.05, 3.63) is 29.7 Å². The Morgan fingerprint density at radius 2 is 1.65 bits per heavy atom. The highest BCUT2D eigenvalue weighted by Crippen LogP contribution is 2.38. The summed E-state index contributed by atoms with van der Waals surface area (Å²) in [7, 11) is -3.49. The highest BCUT2D eigenvalue weighted by atomic mass is 32.2. The van der Waals surface area contributed by atoms with Gasteiger partial charge in [-0.3, -0.25) is 14.5 Å². The standard InChI is InChI=1S/C15H16N2O4S2/c18-14-11-4-1-2-5-12(11)15(19)17(14)10-8-16(9-10)23(20,21)13-6-3-7-22-13/h1-3,6-7,10-12H,4-5,8-9H2. The number of sulfonamides is 1. The predicted octanol–water partition coefficient (Wildman–Crippen LogP) is 1.07. The Morgan fingerprint density at radius 3 is 2.17 bits per heavy atom. The van der Waals surface area contributed by atoms with Crippen LogP contribution in [0.2, 0.25) is 0 Å². The Kier molecular flexibility index (Phi) is 3.44. The van der Waals surface area contributed by atoms with Crippen LogP contribution in [0.1, 0.15) is 12.8 Å². The number of rotatable bonds is 3. The number of hydrogen-bond donors (Lipinski definition) is 0. The second-order valence-electron chi connectivity index (χ2n) is 6.11. The topological polar surface area (TPSA) is 74.8 Å². The molecule has 1 aromatic rings. The molecule has 8 heteroatoms. The number of amides is 2. The maximum absolute atomic E-state index is 12.5. The van der Waals surface area contributed by atoms with Gasteiger partial charge in [-0.15, -0.1) is 11.3 Å². The summed E-state index contributed by atoms with van der Waals surface area (Å²) in [6, 6.07) is 2.94. The van der Waals surface area contributed by atoms with Gasteiger partial charge in [0, 0.05) is 13.1 Å². The summed E-state index contributed by atoms with van der Waals surface area (Å²) in [6.07, 6.45) is 5.11. The molecular weight excluding hydrogens is 336 g/mol. The SMILES string of the molecule is O=C1C2CC=CCC2C(=O)N1C1CN(S(=O)(=O)c2cccs2)C1. The van der Waals surface area contributed by atoms with Crippen LogP contribution >= 0.6 is 11.3 Å². The molecule has 6 nitrogen and oxygen atoms in total. The first-order valence-corrected chi connectivity index (χ1v) is 9.87. The third-order valence-electron chi connectivity index (χ3n) is 4.82. The Morgan fingerprint density at radius 1 is 1.04 bits per heavy atom. The molecule has 1 aliphatic carbocycles. The maximum atomic E-state index is 12.5. The van der Waals surface area contributed by atoms with Crippen molar-refractivity contribution in [3.63, 3.8) is 0 Å². The molecule has 4 rings (SSSR count). The maximum Gasteiger partial charge on any atom is 0.252 e. The van der Waals surface area contributed by atoms with Gasteiger partial charge in [0.05, 0.1) is 17.9 Å². The van der Waals surface area contributed by atoms with Crippen molar-refractivity contribution >= 4 is 33.2 Å². The average molecular weight is 352 g/mol. The van der Waals surface area contributed by atoms with E-state index in [-0.39, 0.29) is 42.8 Å². The predicted molar refractivity (Wildman–Crippen MR) is 84.1 cm³/mol. The van der Waals surface area contributed by atoms with Crippen molar-refractivity contribution in [1.82, 2.24) is 9.21 Å². The van der Waals surface area contributed by atoms with Crippen LogP contribution in [0.4, 0.5) is 0 Å². The lowest BCUT2D eigenvalue weighted by Crippen LogP contribution is -2.62. The Labute approximate surface area is 138 Å². The molecule has 0 aromatic carbocycles. The van der Waals surface area contributed by atoms with E-state index in [0.717, 1.165) is 0 Å². The first-order valence-electron chi connectivity index (χ1n) is 7.55. The fraction of sp³-hybridized carbons (Fsp3) is 0.467. The zero-order valence-corrected chi connectivity index (χ0v) is 13.9. The van der Waals surface area contributed by atoms with Crippen LogP contribution < -0.4 is 0 Å². The molecule has 2 aliphatic heterocycles. The van der Waals surface area contributed by atoms with E-state index >= 15 is 0 Å². The van der Waals surface area contributed by atoms with E-state index in [2.05, 4.69) is 0 Å². The van der Waals surface area contributed by atoms with Crippen LogP contribution in [0.5, 0.6) is 0 Å². The van der Waals surface area contributed by atoms with E-state index in [1.54, 1.807) is 17.5 Å². The average Bonchev–Trinajstić information content (AvgIpc) is 3.10. The normalized spacial score (nSPS) is 29.0. The number of allylic oxidation sites excluding steroid dienone is 2. The third kappa shape index (κ3) is 2.20. The summed E-state index contributed by atoms with van der Waals surface area (Å²) >= 11 is 1.17. The third-order valence-corrected chi connectivity index (χ3v) is 8.03. The van der Waals surface area contributed by atoms with Crippen LogP contribution in [-0.4, -0.2) is 48.6 Å². The molecule has 2 unspecified atom stereocenters. The summed E-state index contributed by atoms with van der Waals surface area (Å²) in [5.41, 5.74) is 0. The Bertz CT molecular complexity index is 752. The minimum absolute atomic E-state index is 0.137. The molecule has 23 heavy (non-hydrogen) atoms. The largest absolute Gasteiger partial charge is 0.276 e. The van der Waals surface area contributed by atoms with Crippen molar-refractivity contribution in [2.24, 2.45) is 11.8 Å². The van der Waals surface area contributed by atoms with E-state index < -0.39 is 10.0 Å². The van der Waals surface area contributed by atoms with Crippen molar-refractivity contribution in [3.8, 4) is 0 Å². The van der Waals surface area contributed by atoms with E-state index in [1.165, 1.54) is 20.5 Å². The van der Waals surface area contributed by atoms with Crippen LogP contribution in [-0.2, 0) is 19.6 Å². The van der Waals surface area contributed by atoms with Crippen LogP contribution in [0.25, 0.3) is 0 Å². The van der Waals surface area contributed by atoms with Gasteiger partial charge in [0.25, 0.3) is 10.0 Å². The first kappa shape index (κ1) is 15.0. The second-order valence-corrected chi connectivity index (χ2v) is 9.22. The molecule has 3 heterocycles. The van der Waals surface area contributed by atoms with E-state index in [0.29, 0.717) is 17.1 Å². The fourth-order valence-electron chi connectivity index (χ4n) is 3.50. The number of thiophene rings is 1. The molecule has 2 fully saturated rings. The minimum Gasteiger partial charge on any atom is -0.276 e. The summed E-state index contributed by atoms with van der Waals surface area (Å²) in [5.74, 6) is -0.782. The van der Waals surface area contributed by atoms with Gasteiger partial charge in [-0.2, -0.15) is 4.31 Å². The zero-order valence-electron chi connectivity index (χ0n) is 12.3.